The first-order chi connectivity index (χ1) is 8.97. The molecule has 2 rings (SSSR count). The number of urea groups is 1. The highest BCUT2D eigenvalue weighted by atomic mass is 31.2. The fraction of sp³-hybridized carbons (Fsp3) is 0.700. The van der Waals surface area contributed by atoms with Crippen molar-refractivity contribution in [3.63, 3.8) is 0 Å². The molecule has 2 aliphatic heterocycles. The van der Waals surface area contributed by atoms with Gasteiger partial charge in [-0.15, -0.1) is 0 Å². The smallest absolute Gasteiger partial charge is 0.327 e. The van der Waals surface area contributed by atoms with Crippen molar-refractivity contribution < 1.29 is 23.8 Å². The van der Waals surface area contributed by atoms with Crippen molar-refractivity contribution >= 4 is 14.6 Å². The molecule has 3 atom stereocenters. The van der Waals surface area contributed by atoms with Gasteiger partial charge in [-0.2, -0.15) is 0 Å². The molecule has 2 aliphatic rings. The van der Waals surface area contributed by atoms with Gasteiger partial charge in [0.05, 0.1) is 12.7 Å². The Hall–Kier alpha value is -0.760. The van der Waals surface area contributed by atoms with Crippen molar-refractivity contribution in [2.45, 2.75) is 38.3 Å². The van der Waals surface area contributed by atoms with Crippen molar-refractivity contribution in [3.8, 4) is 0 Å². The third-order valence-electron chi connectivity index (χ3n) is 3.12. The zero-order valence-electron chi connectivity index (χ0n) is 10.5. The highest BCUT2D eigenvalue weighted by molar-refractivity contribution is 7.39. The summed E-state index contributed by atoms with van der Waals surface area (Å²) in [5, 5.41) is 2.63. The average molecular weight is 291 g/mol. The quantitative estimate of drug-likeness (QED) is 0.539. The minimum Gasteiger partial charge on any atom is -0.352 e. The molecule has 0 aliphatic carbocycles. The highest BCUT2D eigenvalue weighted by Crippen LogP contribution is 2.30. The van der Waals surface area contributed by atoms with Crippen molar-refractivity contribution in [2.24, 2.45) is 5.73 Å². The van der Waals surface area contributed by atoms with Crippen LogP contribution >= 0.6 is 8.60 Å². The van der Waals surface area contributed by atoms with E-state index in [9.17, 15) is 4.79 Å². The van der Waals surface area contributed by atoms with E-state index < -0.39 is 14.8 Å². The summed E-state index contributed by atoms with van der Waals surface area (Å²) in [6, 6.07) is -0.295. The van der Waals surface area contributed by atoms with E-state index >= 15 is 0 Å². The van der Waals surface area contributed by atoms with Crippen LogP contribution in [0.15, 0.2) is 11.8 Å². The fourth-order valence-electron chi connectivity index (χ4n) is 2.06. The van der Waals surface area contributed by atoms with Crippen LogP contribution in [0.3, 0.4) is 0 Å². The standard InChI is InChI=1S/C10H18N3O5P/c1-6-4-13(10(14)12-9(6)11)8-3-2-7(18-8)5-17-19(15)16/h4,7-9,15-16H,2-3,5,11H2,1H3,(H,12,14). The molecule has 19 heavy (non-hydrogen) atoms. The van der Waals surface area contributed by atoms with E-state index in [1.807, 2.05) is 6.92 Å². The van der Waals surface area contributed by atoms with Crippen molar-refractivity contribution in [1.82, 2.24) is 10.2 Å². The molecule has 2 heterocycles. The number of nitrogens with one attached hydrogen (secondary N) is 1. The Labute approximate surface area is 112 Å². The monoisotopic (exact) mass is 291 g/mol. The molecular formula is C10H18N3O5P. The lowest BCUT2D eigenvalue weighted by molar-refractivity contribution is -0.0351. The zero-order chi connectivity index (χ0) is 14.0. The summed E-state index contributed by atoms with van der Waals surface area (Å²) in [5.74, 6) is 0. The molecule has 0 saturated carbocycles. The topological polar surface area (TPSA) is 117 Å². The van der Waals surface area contributed by atoms with Gasteiger partial charge in [0.15, 0.2) is 0 Å². The molecule has 0 aromatic heterocycles. The van der Waals surface area contributed by atoms with Gasteiger partial charge >= 0.3 is 14.6 Å². The largest absolute Gasteiger partial charge is 0.352 e. The molecule has 2 amide bonds. The van der Waals surface area contributed by atoms with Crippen LogP contribution in [0.2, 0.25) is 0 Å². The van der Waals surface area contributed by atoms with Crippen LogP contribution in [0.4, 0.5) is 4.79 Å². The van der Waals surface area contributed by atoms with Gasteiger partial charge in [0, 0.05) is 6.20 Å². The van der Waals surface area contributed by atoms with Gasteiger partial charge in [0.25, 0.3) is 0 Å². The zero-order valence-corrected chi connectivity index (χ0v) is 11.4. The molecule has 1 saturated heterocycles. The molecule has 9 heteroatoms. The summed E-state index contributed by atoms with van der Waals surface area (Å²) in [4.78, 5) is 30.6. The van der Waals surface area contributed by atoms with Gasteiger partial charge in [0.1, 0.15) is 12.4 Å². The number of ether oxygens (including phenoxy) is 1. The lowest BCUT2D eigenvalue weighted by Crippen LogP contribution is -2.54. The molecule has 5 N–H and O–H groups in total. The predicted octanol–water partition coefficient (Wildman–Crippen LogP) is -0.0666. The maximum Gasteiger partial charge on any atom is 0.327 e. The molecule has 0 radical (unpaired) electrons. The van der Waals surface area contributed by atoms with Crippen LogP contribution in [-0.4, -0.2) is 45.8 Å². The summed E-state index contributed by atoms with van der Waals surface area (Å²) in [6.07, 6.45) is 1.96. The van der Waals surface area contributed by atoms with E-state index in [0.29, 0.717) is 12.8 Å². The Morgan fingerprint density at radius 1 is 1.63 bits per heavy atom. The van der Waals surface area contributed by atoms with E-state index in [0.717, 1.165) is 5.57 Å². The summed E-state index contributed by atoms with van der Waals surface area (Å²) in [7, 11) is -2.37. The molecule has 108 valence electrons. The Morgan fingerprint density at radius 3 is 3.05 bits per heavy atom. The summed E-state index contributed by atoms with van der Waals surface area (Å²) < 4.78 is 10.4. The SMILES string of the molecule is CC1=CN(C2CCC(COP(O)O)O2)C(=O)NC1N. The van der Waals surface area contributed by atoms with E-state index in [-0.39, 0.29) is 25.0 Å². The number of carbonyl (C=O) groups is 1. The first-order valence-corrected chi connectivity index (χ1v) is 7.13. The van der Waals surface area contributed by atoms with Gasteiger partial charge in [-0.05, 0) is 25.3 Å². The molecule has 0 aromatic carbocycles. The average Bonchev–Trinajstić information content (AvgIpc) is 2.80. The van der Waals surface area contributed by atoms with Gasteiger partial charge < -0.3 is 30.1 Å². The van der Waals surface area contributed by atoms with Crippen LogP contribution < -0.4 is 11.1 Å². The molecule has 0 aromatic rings. The fourth-order valence-corrected chi connectivity index (χ4v) is 2.36. The Bertz CT molecular complexity index is 378. The molecule has 1 fully saturated rings. The van der Waals surface area contributed by atoms with Gasteiger partial charge in [-0.25, -0.2) is 4.79 Å². The number of hydrogen-bond acceptors (Lipinski definition) is 6. The Morgan fingerprint density at radius 2 is 2.37 bits per heavy atom. The van der Waals surface area contributed by atoms with Crippen molar-refractivity contribution in [2.75, 3.05) is 6.61 Å². The lowest BCUT2D eigenvalue weighted by atomic mass is 10.2. The molecule has 8 nitrogen and oxygen atoms in total. The number of hydrogen-bond donors (Lipinski definition) is 4. The molecule has 3 unspecified atom stereocenters. The minimum absolute atomic E-state index is 0.104. The number of nitrogens with zero attached hydrogens (tertiary/aromatic N) is 1. The van der Waals surface area contributed by atoms with Crippen molar-refractivity contribution in [3.05, 3.63) is 11.8 Å². The number of rotatable bonds is 4. The van der Waals surface area contributed by atoms with Gasteiger partial charge in [-0.1, -0.05) is 0 Å². The second-order valence-corrected chi connectivity index (χ2v) is 5.31. The van der Waals surface area contributed by atoms with E-state index in [1.54, 1.807) is 6.20 Å². The number of amides is 2. The normalized spacial score (nSPS) is 31.6. The maximum atomic E-state index is 11.8. The van der Waals surface area contributed by atoms with Crippen molar-refractivity contribution in [1.29, 1.82) is 0 Å². The van der Waals surface area contributed by atoms with E-state index in [1.165, 1.54) is 4.90 Å². The second-order valence-electron chi connectivity index (χ2n) is 4.55. The van der Waals surface area contributed by atoms with Gasteiger partial charge in [0.2, 0.25) is 0 Å². The Kier molecular flexibility index (Phi) is 4.72. The third kappa shape index (κ3) is 3.62. The summed E-state index contributed by atoms with van der Waals surface area (Å²) in [6.45, 7) is 1.93. The van der Waals surface area contributed by atoms with Crippen LogP contribution in [0.25, 0.3) is 0 Å². The summed E-state index contributed by atoms with van der Waals surface area (Å²) in [5.41, 5.74) is 6.54. The number of nitrogens with two attached hydrogens (primary N) is 1. The third-order valence-corrected chi connectivity index (χ3v) is 3.50. The lowest BCUT2D eigenvalue weighted by Gasteiger charge is -2.32. The van der Waals surface area contributed by atoms with Gasteiger partial charge in [-0.3, -0.25) is 4.90 Å². The molecule has 0 spiro atoms. The van der Waals surface area contributed by atoms with E-state index in [2.05, 4.69) is 5.32 Å². The highest BCUT2D eigenvalue weighted by Gasteiger charge is 2.34. The summed E-state index contributed by atoms with van der Waals surface area (Å²) >= 11 is 0. The first kappa shape index (κ1) is 14.6. The minimum atomic E-state index is -2.37. The molecular weight excluding hydrogens is 273 g/mol. The van der Waals surface area contributed by atoms with Crippen LogP contribution in [0, 0.1) is 0 Å². The first-order valence-electron chi connectivity index (χ1n) is 5.96. The maximum absolute atomic E-state index is 11.8. The second kappa shape index (κ2) is 6.13. The van der Waals surface area contributed by atoms with Crippen LogP contribution in [0.5, 0.6) is 0 Å². The van der Waals surface area contributed by atoms with Crippen LogP contribution in [0.1, 0.15) is 19.8 Å². The number of carbonyl (C=O) groups excluding carboxylic acids is 1. The Balaban J connectivity index is 1.91. The molecule has 0 bridgehead atoms. The van der Waals surface area contributed by atoms with Crippen LogP contribution in [-0.2, 0) is 9.26 Å². The van der Waals surface area contributed by atoms with E-state index in [4.69, 9.17) is 24.8 Å². The predicted molar refractivity (Wildman–Crippen MR) is 67.3 cm³/mol.